The maximum Gasteiger partial charge on any atom is 0.234 e. The first kappa shape index (κ1) is 15.5. The number of thioether (sulfide) groups is 1. The van der Waals surface area contributed by atoms with Gasteiger partial charge in [-0.1, -0.05) is 24.3 Å². The van der Waals surface area contributed by atoms with E-state index in [4.69, 9.17) is 5.11 Å². The SMILES string of the molecule is O=C(CSCc1ccc(F)cc1)Nc1ccc(CO)cc1. The van der Waals surface area contributed by atoms with Crippen LogP contribution < -0.4 is 5.32 Å². The zero-order valence-corrected chi connectivity index (χ0v) is 12.2. The van der Waals surface area contributed by atoms with Crippen LogP contribution in [-0.2, 0) is 17.2 Å². The molecule has 1 amide bonds. The molecule has 0 heterocycles. The Labute approximate surface area is 127 Å². The Morgan fingerprint density at radius 1 is 1.05 bits per heavy atom. The summed E-state index contributed by atoms with van der Waals surface area (Å²) >= 11 is 1.47. The smallest absolute Gasteiger partial charge is 0.234 e. The quantitative estimate of drug-likeness (QED) is 0.861. The molecular formula is C16H16FNO2S. The van der Waals surface area contributed by atoms with Crippen molar-refractivity contribution in [2.24, 2.45) is 0 Å². The summed E-state index contributed by atoms with van der Waals surface area (Å²) in [7, 11) is 0. The van der Waals surface area contributed by atoms with Gasteiger partial charge in [0.15, 0.2) is 0 Å². The molecule has 0 fully saturated rings. The van der Waals surface area contributed by atoms with E-state index >= 15 is 0 Å². The summed E-state index contributed by atoms with van der Waals surface area (Å²) in [5.74, 6) is 0.655. The summed E-state index contributed by atoms with van der Waals surface area (Å²) in [6.07, 6.45) is 0. The van der Waals surface area contributed by atoms with Gasteiger partial charge in [0.1, 0.15) is 5.82 Å². The maximum absolute atomic E-state index is 12.7. The first-order chi connectivity index (χ1) is 10.2. The van der Waals surface area contributed by atoms with E-state index in [9.17, 15) is 9.18 Å². The average molecular weight is 305 g/mol. The molecule has 0 bridgehead atoms. The second-order valence-electron chi connectivity index (χ2n) is 4.52. The van der Waals surface area contributed by atoms with Crippen LogP contribution in [0.2, 0.25) is 0 Å². The van der Waals surface area contributed by atoms with Gasteiger partial charge in [-0.05, 0) is 35.4 Å². The fourth-order valence-electron chi connectivity index (χ4n) is 1.73. The Balaban J connectivity index is 1.75. The number of halogens is 1. The van der Waals surface area contributed by atoms with E-state index in [2.05, 4.69) is 5.32 Å². The van der Waals surface area contributed by atoms with Gasteiger partial charge in [-0.15, -0.1) is 11.8 Å². The molecule has 2 N–H and O–H groups in total. The van der Waals surface area contributed by atoms with Crippen LogP contribution in [0.1, 0.15) is 11.1 Å². The van der Waals surface area contributed by atoms with Gasteiger partial charge in [0.05, 0.1) is 12.4 Å². The first-order valence-corrected chi connectivity index (χ1v) is 7.64. The van der Waals surface area contributed by atoms with Crippen molar-refractivity contribution in [1.29, 1.82) is 0 Å². The number of benzene rings is 2. The van der Waals surface area contributed by atoms with Crippen molar-refractivity contribution >= 4 is 23.4 Å². The van der Waals surface area contributed by atoms with Crippen LogP contribution >= 0.6 is 11.8 Å². The number of aliphatic hydroxyl groups excluding tert-OH is 1. The Kier molecular flexibility index (Phi) is 5.78. The van der Waals surface area contributed by atoms with E-state index in [0.717, 1.165) is 11.1 Å². The second-order valence-corrected chi connectivity index (χ2v) is 5.51. The fourth-order valence-corrected chi connectivity index (χ4v) is 2.52. The first-order valence-electron chi connectivity index (χ1n) is 6.49. The standard InChI is InChI=1S/C16H16FNO2S/c17-14-5-1-13(2-6-14)10-21-11-16(20)18-15-7-3-12(9-19)4-8-15/h1-8,19H,9-11H2,(H,18,20). The number of hydrogen-bond acceptors (Lipinski definition) is 3. The van der Waals surface area contributed by atoms with E-state index < -0.39 is 0 Å². The number of anilines is 1. The zero-order chi connectivity index (χ0) is 15.1. The lowest BCUT2D eigenvalue weighted by atomic mass is 10.2. The zero-order valence-electron chi connectivity index (χ0n) is 11.4. The van der Waals surface area contributed by atoms with Gasteiger partial charge in [0.2, 0.25) is 5.91 Å². The summed E-state index contributed by atoms with van der Waals surface area (Å²) in [5, 5.41) is 11.7. The van der Waals surface area contributed by atoms with Gasteiger partial charge < -0.3 is 10.4 Å². The topological polar surface area (TPSA) is 49.3 Å². The molecule has 0 aromatic heterocycles. The van der Waals surface area contributed by atoms with Crippen molar-refractivity contribution in [2.75, 3.05) is 11.1 Å². The monoisotopic (exact) mass is 305 g/mol. The number of carbonyl (C=O) groups is 1. The molecule has 2 aromatic carbocycles. The molecule has 0 unspecified atom stereocenters. The molecule has 0 spiro atoms. The molecule has 0 atom stereocenters. The van der Waals surface area contributed by atoms with Gasteiger partial charge in [0.25, 0.3) is 0 Å². The van der Waals surface area contributed by atoms with Crippen molar-refractivity contribution in [3.63, 3.8) is 0 Å². The molecule has 5 heteroatoms. The highest BCUT2D eigenvalue weighted by atomic mass is 32.2. The van der Waals surface area contributed by atoms with E-state index in [1.54, 1.807) is 36.4 Å². The molecule has 110 valence electrons. The Bertz CT molecular complexity index is 584. The lowest BCUT2D eigenvalue weighted by molar-refractivity contribution is -0.113. The molecular weight excluding hydrogens is 289 g/mol. The van der Waals surface area contributed by atoms with Crippen LogP contribution in [0.25, 0.3) is 0 Å². The Hall–Kier alpha value is -1.85. The highest BCUT2D eigenvalue weighted by Crippen LogP contribution is 2.14. The van der Waals surface area contributed by atoms with E-state index in [-0.39, 0.29) is 18.3 Å². The molecule has 2 rings (SSSR count). The van der Waals surface area contributed by atoms with Crippen molar-refractivity contribution in [3.8, 4) is 0 Å². The minimum Gasteiger partial charge on any atom is -0.392 e. The highest BCUT2D eigenvalue weighted by Gasteiger charge is 2.03. The lowest BCUT2D eigenvalue weighted by Gasteiger charge is -2.06. The number of amides is 1. The van der Waals surface area contributed by atoms with Crippen LogP contribution in [0.4, 0.5) is 10.1 Å². The van der Waals surface area contributed by atoms with Crippen molar-refractivity contribution in [3.05, 3.63) is 65.5 Å². The van der Waals surface area contributed by atoms with Gasteiger partial charge in [-0.2, -0.15) is 0 Å². The van der Waals surface area contributed by atoms with Crippen LogP contribution in [0.5, 0.6) is 0 Å². The summed E-state index contributed by atoms with van der Waals surface area (Å²) in [6, 6.07) is 13.3. The van der Waals surface area contributed by atoms with Gasteiger partial charge in [-0.25, -0.2) is 4.39 Å². The molecule has 0 aliphatic rings. The molecule has 0 saturated heterocycles. The largest absolute Gasteiger partial charge is 0.392 e. The number of hydrogen-bond donors (Lipinski definition) is 2. The summed E-state index contributed by atoms with van der Waals surface area (Å²) in [4.78, 5) is 11.8. The van der Waals surface area contributed by atoms with Gasteiger partial charge in [-0.3, -0.25) is 4.79 Å². The Morgan fingerprint density at radius 3 is 2.29 bits per heavy atom. The minimum absolute atomic E-state index is 0.0122. The minimum atomic E-state index is -0.257. The van der Waals surface area contributed by atoms with Crippen molar-refractivity contribution in [1.82, 2.24) is 0 Å². The number of carbonyl (C=O) groups excluding carboxylic acids is 1. The predicted molar refractivity (Wildman–Crippen MR) is 83.6 cm³/mol. The number of nitrogens with one attached hydrogen (secondary N) is 1. The third-order valence-corrected chi connectivity index (χ3v) is 3.84. The number of rotatable bonds is 6. The van der Waals surface area contributed by atoms with Crippen LogP contribution in [0.3, 0.4) is 0 Å². The average Bonchev–Trinajstić information content (AvgIpc) is 2.50. The van der Waals surface area contributed by atoms with Crippen molar-refractivity contribution < 1.29 is 14.3 Å². The van der Waals surface area contributed by atoms with E-state index in [1.165, 1.54) is 23.9 Å². The Morgan fingerprint density at radius 2 is 1.67 bits per heavy atom. The highest BCUT2D eigenvalue weighted by molar-refractivity contribution is 7.99. The lowest BCUT2D eigenvalue weighted by Crippen LogP contribution is -2.14. The molecule has 0 aliphatic heterocycles. The molecule has 2 aromatic rings. The molecule has 3 nitrogen and oxygen atoms in total. The van der Waals surface area contributed by atoms with Crippen LogP contribution in [0.15, 0.2) is 48.5 Å². The van der Waals surface area contributed by atoms with Crippen LogP contribution in [-0.4, -0.2) is 16.8 Å². The van der Waals surface area contributed by atoms with Gasteiger partial charge >= 0.3 is 0 Å². The fraction of sp³-hybridized carbons (Fsp3) is 0.188. The second kappa shape index (κ2) is 7.81. The van der Waals surface area contributed by atoms with Crippen LogP contribution in [0, 0.1) is 5.82 Å². The van der Waals surface area contributed by atoms with E-state index in [0.29, 0.717) is 17.2 Å². The molecule has 0 saturated carbocycles. The summed E-state index contributed by atoms with van der Waals surface area (Å²) in [6.45, 7) is -0.0122. The predicted octanol–water partition coefficient (Wildman–Crippen LogP) is 3.19. The summed E-state index contributed by atoms with van der Waals surface area (Å²) < 4.78 is 12.7. The summed E-state index contributed by atoms with van der Waals surface area (Å²) in [5.41, 5.74) is 2.50. The van der Waals surface area contributed by atoms with Crippen molar-refractivity contribution in [2.45, 2.75) is 12.4 Å². The number of aliphatic hydroxyl groups is 1. The van der Waals surface area contributed by atoms with E-state index in [1.807, 2.05) is 0 Å². The maximum atomic E-state index is 12.7. The third kappa shape index (κ3) is 5.21. The molecule has 0 radical (unpaired) electrons. The third-order valence-electron chi connectivity index (χ3n) is 2.84. The van der Waals surface area contributed by atoms with Gasteiger partial charge in [0, 0.05) is 11.4 Å². The normalized spacial score (nSPS) is 10.4. The molecule has 0 aliphatic carbocycles. The molecule has 21 heavy (non-hydrogen) atoms.